The number of benzene rings is 1. The van der Waals surface area contributed by atoms with Crippen LogP contribution in [0.4, 0.5) is 0 Å². The van der Waals surface area contributed by atoms with Crippen LogP contribution < -0.4 is 4.72 Å². The minimum Gasteiger partial charge on any atom is -0.396 e. The molecule has 1 heterocycles. The Hall–Kier alpha value is -1.65. The van der Waals surface area contributed by atoms with E-state index in [1.165, 1.54) is 16.9 Å². The van der Waals surface area contributed by atoms with E-state index >= 15 is 0 Å². The first kappa shape index (κ1) is 18.7. The Morgan fingerprint density at radius 1 is 1.11 bits per heavy atom. The Labute approximate surface area is 164 Å². The summed E-state index contributed by atoms with van der Waals surface area (Å²) < 4.78 is 28.8. The second-order valence-electron chi connectivity index (χ2n) is 7.56. The number of aliphatic hydroxyl groups excluding tert-OH is 1. The first-order valence-electron chi connectivity index (χ1n) is 9.28. The smallest absolute Gasteiger partial charge is 0.250 e. The second kappa shape index (κ2) is 7.40. The van der Waals surface area contributed by atoms with Gasteiger partial charge >= 0.3 is 0 Å². The minimum absolute atomic E-state index is 0.0410. The number of hydrogen-bond donors (Lipinski definition) is 2. The number of hydrogen-bond acceptors (Lipinski definition) is 4. The van der Waals surface area contributed by atoms with Crippen LogP contribution in [0.25, 0.3) is 0 Å². The molecule has 1 aromatic carbocycles. The Bertz CT molecular complexity index is 982. The summed E-state index contributed by atoms with van der Waals surface area (Å²) in [5, 5.41) is 9.67. The molecule has 0 saturated heterocycles. The number of aliphatic hydroxyl groups is 1. The molecule has 1 aromatic heterocycles. The normalized spacial score (nSPS) is 26.7. The average molecular weight is 402 g/mol. The number of rotatable bonds is 4. The van der Waals surface area contributed by atoms with Crippen LogP contribution in [0.3, 0.4) is 0 Å². The molecule has 4 unspecified atom stereocenters. The largest absolute Gasteiger partial charge is 0.396 e. The topological polar surface area (TPSA) is 66.4 Å². The summed E-state index contributed by atoms with van der Waals surface area (Å²) in [7, 11) is -3.59. The van der Waals surface area contributed by atoms with E-state index in [2.05, 4.69) is 16.6 Å². The van der Waals surface area contributed by atoms with Crippen molar-refractivity contribution in [1.29, 1.82) is 0 Å². The molecule has 2 bridgehead atoms. The second-order valence-corrected chi connectivity index (χ2v) is 10.6. The standard InChI is InChI=1S/C21H23NO3S2/c1-14-2-4-15(5-3-14)6-9-18-10-11-20(26-18)27(24,25)22-21-17-8-7-16(12-17)19(21)13-23/h2-5,10-11,16-17,19,21-23H,7-8,12-13H2,1H3. The molecule has 4 atom stereocenters. The summed E-state index contributed by atoms with van der Waals surface area (Å²) in [5.74, 6) is 6.97. The van der Waals surface area contributed by atoms with Gasteiger partial charge in [-0.1, -0.05) is 29.5 Å². The van der Waals surface area contributed by atoms with Crippen molar-refractivity contribution in [1.82, 2.24) is 4.72 Å². The Balaban J connectivity index is 1.50. The predicted molar refractivity (Wildman–Crippen MR) is 107 cm³/mol. The van der Waals surface area contributed by atoms with Crippen molar-refractivity contribution in [2.75, 3.05) is 6.61 Å². The van der Waals surface area contributed by atoms with Crippen LogP contribution >= 0.6 is 11.3 Å². The summed E-state index contributed by atoms with van der Waals surface area (Å²) in [6.07, 6.45) is 3.17. The highest BCUT2D eigenvalue weighted by atomic mass is 32.2. The molecule has 2 aliphatic rings. The third-order valence-electron chi connectivity index (χ3n) is 5.82. The van der Waals surface area contributed by atoms with E-state index in [1.54, 1.807) is 12.1 Å². The molecule has 0 radical (unpaired) electrons. The van der Waals surface area contributed by atoms with Crippen molar-refractivity contribution >= 4 is 21.4 Å². The van der Waals surface area contributed by atoms with E-state index < -0.39 is 10.0 Å². The summed E-state index contributed by atoms with van der Waals surface area (Å²) in [6.45, 7) is 2.07. The van der Waals surface area contributed by atoms with Crippen LogP contribution in [-0.2, 0) is 10.0 Å². The maximum Gasteiger partial charge on any atom is 0.250 e. The lowest BCUT2D eigenvalue weighted by Crippen LogP contribution is -2.44. The van der Waals surface area contributed by atoms with Gasteiger partial charge in [-0.15, -0.1) is 11.3 Å². The van der Waals surface area contributed by atoms with E-state index in [0.29, 0.717) is 11.8 Å². The van der Waals surface area contributed by atoms with Crippen LogP contribution in [0.15, 0.2) is 40.6 Å². The lowest BCUT2D eigenvalue weighted by Gasteiger charge is -2.29. The molecule has 4 rings (SSSR count). The monoisotopic (exact) mass is 401 g/mol. The van der Waals surface area contributed by atoms with Crippen molar-refractivity contribution in [3.8, 4) is 11.8 Å². The van der Waals surface area contributed by atoms with Crippen molar-refractivity contribution < 1.29 is 13.5 Å². The molecule has 2 aromatic rings. The van der Waals surface area contributed by atoms with Crippen molar-refractivity contribution in [2.24, 2.45) is 17.8 Å². The number of sulfonamides is 1. The van der Waals surface area contributed by atoms with Gasteiger partial charge in [-0.25, -0.2) is 13.1 Å². The molecule has 2 aliphatic carbocycles. The third-order valence-corrected chi connectivity index (χ3v) is 8.77. The quantitative estimate of drug-likeness (QED) is 0.774. The third kappa shape index (κ3) is 3.83. The molecular weight excluding hydrogens is 378 g/mol. The first-order valence-corrected chi connectivity index (χ1v) is 11.6. The number of fused-ring (bicyclic) bond motifs is 2. The summed E-state index contributed by atoms with van der Waals surface area (Å²) >= 11 is 1.19. The van der Waals surface area contributed by atoms with Gasteiger partial charge in [0.15, 0.2) is 0 Å². The summed E-state index contributed by atoms with van der Waals surface area (Å²) in [5.41, 5.74) is 2.09. The molecule has 2 saturated carbocycles. The molecule has 4 nitrogen and oxygen atoms in total. The number of nitrogens with one attached hydrogen (secondary N) is 1. The van der Waals surface area contributed by atoms with Gasteiger partial charge in [0.25, 0.3) is 0 Å². The van der Waals surface area contributed by atoms with Gasteiger partial charge in [0, 0.05) is 24.1 Å². The van der Waals surface area contributed by atoms with Crippen LogP contribution in [0.2, 0.25) is 0 Å². The van der Waals surface area contributed by atoms with Crippen molar-refractivity contribution in [3.63, 3.8) is 0 Å². The lowest BCUT2D eigenvalue weighted by atomic mass is 9.86. The Morgan fingerprint density at radius 2 is 1.85 bits per heavy atom. The molecule has 142 valence electrons. The fraction of sp³-hybridized carbons (Fsp3) is 0.429. The van der Waals surface area contributed by atoms with Crippen LogP contribution in [0.1, 0.15) is 35.3 Å². The number of aryl methyl sites for hydroxylation is 1. The fourth-order valence-electron chi connectivity index (χ4n) is 4.40. The van der Waals surface area contributed by atoms with Crippen LogP contribution in [-0.4, -0.2) is 26.2 Å². The van der Waals surface area contributed by atoms with Crippen LogP contribution in [0.5, 0.6) is 0 Å². The maximum atomic E-state index is 12.8. The molecule has 2 fully saturated rings. The molecule has 2 N–H and O–H groups in total. The van der Waals surface area contributed by atoms with Crippen molar-refractivity contribution in [2.45, 2.75) is 36.4 Å². The molecule has 0 aliphatic heterocycles. The van der Waals surface area contributed by atoms with Gasteiger partial charge in [0.2, 0.25) is 10.0 Å². The summed E-state index contributed by atoms with van der Waals surface area (Å²) in [4.78, 5) is 0.725. The van der Waals surface area contributed by atoms with Gasteiger partial charge in [0.1, 0.15) is 4.21 Å². The van der Waals surface area contributed by atoms with Gasteiger partial charge in [-0.05, 0) is 62.3 Å². The molecule has 6 heteroatoms. The van der Waals surface area contributed by atoms with E-state index in [0.717, 1.165) is 29.7 Å². The highest BCUT2D eigenvalue weighted by Gasteiger charge is 2.48. The zero-order valence-electron chi connectivity index (χ0n) is 15.2. The average Bonchev–Trinajstić information content (AvgIpc) is 3.37. The molecular formula is C21H23NO3S2. The maximum absolute atomic E-state index is 12.8. The van der Waals surface area contributed by atoms with Gasteiger partial charge < -0.3 is 5.11 Å². The first-order chi connectivity index (χ1) is 13.0. The van der Waals surface area contributed by atoms with E-state index in [1.807, 2.05) is 31.2 Å². The molecule has 27 heavy (non-hydrogen) atoms. The van der Waals surface area contributed by atoms with E-state index in [4.69, 9.17) is 0 Å². The highest BCUT2D eigenvalue weighted by molar-refractivity contribution is 7.91. The zero-order valence-corrected chi connectivity index (χ0v) is 16.8. The Morgan fingerprint density at radius 3 is 2.59 bits per heavy atom. The van der Waals surface area contributed by atoms with Crippen molar-refractivity contribution in [3.05, 3.63) is 52.4 Å². The van der Waals surface area contributed by atoms with Gasteiger partial charge in [-0.3, -0.25) is 0 Å². The zero-order chi connectivity index (χ0) is 19.0. The Kier molecular flexibility index (Phi) is 5.13. The molecule has 0 amide bonds. The van der Waals surface area contributed by atoms with Gasteiger partial charge in [0.05, 0.1) is 4.88 Å². The molecule has 0 spiro atoms. The summed E-state index contributed by atoms with van der Waals surface area (Å²) in [6, 6.07) is 11.1. The van der Waals surface area contributed by atoms with E-state index in [9.17, 15) is 13.5 Å². The fourth-order valence-corrected chi connectivity index (χ4v) is 6.93. The van der Waals surface area contributed by atoms with Gasteiger partial charge in [-0.2, -0.15) is 0 Å². The minimum atomic E-state index is -3.59. The van der Waals surface area contributed by atoms with E-state index in [-0.39, 0.29) is 22.8 Å². The lowest BCUT2D eigenvalue weighted by molar-refractivity contribution is 0.153. The highest BCUT2D eigenvalue weighted by Crippen LogP contribution is 2.48. The number of thiophene rings is 1. The predicted octanol–water partition coefficient (Wildman–Crippen LogP) is 3.14. The SMILES string of the molecule is Cc1ccc(C#Cc2ccc(S(=O)(=O)NC3C4CCC(C4)C3CO)s2)cc1. The van der Waals surface area contributed by atoms with Crippen LogP contribution in [0, 0.1) is 36.5 Å².